The number of amides is 3. The maximum Gasteiger partial charge on any atom is 0.326 e. The van der Waals surface area contributed by atoms with E-state index in [2.05, 4.69) is 38.5 Å². The number of hydrogen-bond acceptors (Lipinski definition) is 8. The fraction of sp³-hybridized carbons (Fsp3) is 0.435. The molecule has 0 aliphatic rings. The van der Waals surface area contributed by atoms with Gasteiger partial charge < -0.3 is 31.8 Å². The van der Waals surface area contributed by atoms with Crippen molar-refractivity contribution < 1.29 is 24.3 Å². The first-order valence-corrected chi connectivity index (χ1v) is 13.3. The van der Waals surface area contributed by atoms with Crippen molar-refractivity contribution >= 4 is 48.1 Å². The minimum Gasteiger partial charge on any atom is -0.480 e. The maximum atomic E-state index is 13.0. The molecule has 0 aliphatic heterocycles. The number of carbonyl (C=O) groups excluding carboxylic acids is 3. The number of carbonyl (C=O) groups is 4. The smallest absolute Gasteiger partial charge is 0.326 e. The van der Waals surface area contributed by atoms with Crippen molar-refractivity contribution in [1.82, 2.24) is 25.9 Å². The van der Waals surface area contributed by atoms with E-state index < -0.39 is 47.9 Å². The Morgan fingerprint density at radius 1 is 1.03 bits per heavy atom. The molecular formula is C23H32N6O5S2. The number of aromatic nitrogens is 2. The molecule has 4 atom stereocenters. The van der Waals surface area contributed by atoms with E-state index in [1.165, 1.54) is 18.1 Å². The molecule has 36 heavy (non-hydrogen) atoms. The number of nitrogens with zero attached hydrogens (tertiary/aromatic N) is 1. The van der Waals surface area contributed by atoms with E-state index in [1.54, 1.807) is 30.5 Å². The summed E-state index contributed by atoms with van der Waals surface area (Å²) in [6.45, 7) is 0. The minimum absolute atomic E-state index is 0.0308. The predicted octanol–water partition coefficient (Wildman–Crippen LogP) is -0.256. The van der Waals surface area contributed by atoms with Crippen LogP contribution in [0.5, 0.6) is 0 Å². The molecule has 3 amide bonds. The molecule has 0 saturated heterocycles. The lowest BCUT2D eigenvalue weighted by Crippen LogP contribution is -2.58. The maximum absolute atomic E-state index is 13.0. The normalized spacial score (nSPS) is 14.2. The van der Waals surface area contributed by atoms with E-state index in [4.69, 9.17) is 5.73 Å². The lowest BCUT2D eigenvalue weighted by atomic mass is 10.1. The summed E-state index contributed by atoms with van der Waals surface area (Å²) in [4.78, 5) is 56.9. The molecular weight excluding hydrogens is 504 g/mol. The number of hydrogen-bond donors (Lipinski definition) is 7. The number of rotatable bonds is 15. The summed E-state index contributed by atoms with van der Waals surface area (Å²) in [7, 11) is 0. The van der Waals surface area contributed by atoms with Crippen molar-refractivity contribution in [3.8, 4) is 0 Å². The highest BCUT2D eigenvalue weighted by Gasteiger charge is 2.30. The molecule has 1 aromatic heterocycles. The van der Waals surface area contributed by atoms with Gasteiger partial charge in [-0.3, -0.25) is 14.4 Å². The number of thioether (sulfide) groups is 1. The number of carboxylic acids is 1. The number of nitrogens with one attached hydrogen (secondary N) is 4. The van der Waals surface area contributed by atoms with Gasteiger partial charge in [-0.1, -0.05) is 30.3 Å². The zero-order valence-electron chi connectivity index (χ0n) is 19.8. The second-order valence-electron chi connectivity index (χ2n) is 8.06. The highest BCUT2D eigenvalue weighted by Crippen LogP contribution is 2.07. The molecule has 2 aromatic rings. The van der Waals surface area contributed by atoms with Crippen LogP contribution in [0.1, 0.15) is 17.7 Å². The molecule has 7 N–H and O–H groups in total. The Hall–Kier alpha value is -3.03. The summed E-state index contributed by atoms with van der Waals surface area (Å²) in [6, 6.07) is 4.78. The molecule has 0 spiro atoms. The van der Waals surface area contributed by atoms with Gasteiger partial charge in [0, 0.05) is 30.5 Å². The highest BCUT2D eigenvalue weighted by atomic mass is 32.2. The molecule has 0 aliphatic carbocycles. The molecule has 0 radical (unpaired) electrons. The van der Waals surface area contributed by atoms with Gasteiger partial charge in [0.25, 0.3) is 0 Å². The molecule has 0 fully saturated rings. The molecule has 196 valence electrons. The molecule has 11 nitrogen and oxygen atoms in total. The van der Waals surface area contributed by atoms with Crippen LogP contribution in [0.3, 0.4) is 0 Å². The third-order valence-electron chi connectivity index (χ3n) is 5.29. The van der Waals surface area contributed by atoms with Crippen LogP contribution in [-0.4, -0.2) is 80.7 Å². The number of aliphatic carboxylic acids is 1. The second kappa shape index (κ2) is 15.2. The van der Waals surface area contributed by atoms with Crippen LogP contribution in [-0.2, 0) is 32.0 Å². The second-order valence-corrected chi connectivity index (χ2v) is 9.41. The summed E-state index contributed by atoms with van der Waals surface area (Å²) in [5.74, 6) is -2.48. The Morgan fingerprint density at radius 3 is 2.25 bits per heavy atom. The fourth-order valence-corrected chi connectivity index (χ4v) is 4.03. The predicted molar refractivity (Wildman–Crippen MR) is 141 cm³/mol. The summed E-state index contributed by atoms with van der Waals surface area (Å²) in [6.07, 6.45) is 5.43. The Balaban J connectivity index is 2.02. The first-order chi connectivity index (χ1) is 17.2. The number of thiol groups is 1. The number of H-pyrrole nitrogens is 1. The number of carboxylic acid groups (broad SMARTS) is 1. The van der Waals surface area contributed by atoms with Crippen LogP contribution < -0.4 is 21.7 Å². The van der Waals surface area contributed by atoms with Gasteiger partial charge in [0.15, 0.2) is 0 Å². The van der Waals surface area contributed by atoms with Gasteiger partial charge in [0.05, 0.1) is 12.4 Å². The van der Waals surface area contributed by atoms with Crippen molar-refractivity contribution in [2.75, 3.05) is 17.8 Å². The zero-order chi connectivity index (χ0) is 26.5. The SMILES string of the molecule is CSCCC(NC(=O)C(CS)NC(=O)C(N)Cc1cnc[nH]1)C(=O)NC(Cc1ccccc1)C(=O)O. The Kier molecular flexibility index (Phi) is 12.3. The summed E-state index contributed by atoms with van der Waals surface area (Å²) < 4.78 is 0. The van der Waals surface area contributed by atoms with Crippen LogP contribution >= 0.6 is 24.4 Å². The van der Waals surface area contributed by atoms with E-state index >= 15 is 0 Å². The Bertz CT molecular complexity index is 992. The molecule has 2 rings (SSSR count). The average Bonchev–Trinajstić information content (AvgIpc) is 3.37. The van der Waals surface area contributed by atoms with Crippen LogP contribution in [0.4, 0.5) is 0 Å². The average molecular weight is 537 g/mol. The number of benzene rings is 1. The van der Waals surface area contributed by atoms with E-state index in [1.807, 2.05) is 12.3 Å². The zero-order valence-corrected chi connectivity index (χ0v) is 21.6. The first-order valence-electron chi connectivity index (χ1n) is 11.3. The number of nitrogens with two attached hydrogens (primary N) is 1. The van der Waals surface area contributed by atoms with Crippen molar-refractivity contribution in [3.63, 3.8) is 0 Å². The number of aromatic amines is 1. The minimum atomic E-state index is -1.19. The van der Waals surface area contributed by atoms with Crippen molar-refractivity contribution in [2.45, 2.75) is 43.4 Å². The van der Waals surface area contributed by atoms with E-state index in [0.29, 0.717) is 11.4 Å². The lowest BCUT2D eigenvalue weighted by Gasteiger charge is -2.24. The van der Waals surface area contributed by atoms with Crippen molar-refractivity contribution in [3.05, 3.63) is 54.1 Å². The van der Waals surface area contributed by atoms with Crippen LogP contribution in [0.15, 0.2) is 42.9 Å². The first kappa shape index (κ1) is 29.2. The topological polar surface area (TPSA) is 179 Å². The third-order valence-corrected chi connectivity index (χ3v) is 6.30. The summed E-state index contributed by atoms with van der Waals surface area (Å²) in [5.41, 5.74) is 7.35. The Labute approximate surface area is 219 Å². The quantitative estimate of drug-likeness (QED) is 0.152. The fourth-order valence-electron chi connectivity index (χ4n) is 3.30. The van der Waals surface area contributed by atoms with Gasteiger partial charge in [-0.2, -0.15) is 24.4 Å². The van der Waals surface area contributed by atoms with E-state index in [0.717, 1.165) is 5.56 Å². The lowest BCUT2D eigenvalue weighted by molar-refractivity contribution is -0.142. The van der Waals surface area contributed by atoms with Crippen LogP contribution in [0.2, 0.25) is 0 Å². The van der Waals surface area contributed by atoms with Crippen molar-refractivity contribution in [1.29, 1.82) is 0 Å². The molecule has 0 saturated carbocycles. The van der Waals surface area contributed by atoms with Gasteiger partial charge in [0.2, 0.25) is 17.7 Å². The molecule has 1 aromatic carbocycles. The molecule has 13 heteroatoms. The van der Waals surface area contributed by atoms with Gasteiger partial charge in [0.1, 0.15) is 18.1 Å². The van der Waals surface area contributed by atoms with Crippen LogP contribution in [0, 0.1) is 0 Å². The van der Waals surface area contributed by atoms with Gasteiger partial charge >= 0.3 is 5.97 Å². The van der Waals surface area contributed by atoms with E-state index in [-0.39, 0.29) is 25.0 Å². The summed E-state index contributed by atoms with van der Waals surface area (Å²) >= 11 is 5.63. The number of imidazole rings is 1. The monoisotopic (exact) mass is 536 g/mol. The molecule has 4 unspecified atom stereocenters. The molecule has 1 heterocycles. The van der Waals surface area contributed by atoms with Crippen molar-refractivity contribution in [2.24, 2.45) is 5.73 Å². The highest BCUT2D eigenvalue weighted by molar-refractivity contribution is 7.98. The largest absolute Gasteiger partial charge is 0.480 e. The summed E-state index contributed by atoms with van der Waals surface area (Å²) in [5, 5.41) is 17.3. The van der Waals surface area contributed by atoms with Gasteiger partial charge in [-0.15, -0.1) is 0 Å². The molecule has 0 bridgehead atoms. The third kappa shape index (κ3) is 9.55. The van der Waals surface area contributed by atoms with Gasteiger partial charge in [-0.05, 0) is 24.0 Å². The van der Waals surface area contributed by atoms with Gasteiger partial charge in [-0.25, -0.2) is 9.78 Å². The van der Waals surface area contributed by atoms with Crippen LogP contribution in [0.25, 0.3) is 0 Å². The standard InChI is InChI=1S/C23H32N6O5S2/c1-36-8-7-17(21(31)28-18(23(33)34)9-14-5-3-2-4-6-14)27-22(32)19(12-35)29-20(30)16(24)10-15-11-25-13-26-15/h2-6,11,13,16-19,35H,7-10,12,24H2,1H3,(H,25,26)(H,27,32)(H,28,31)(H,29,30)(H,33,34). The van der Waals surface area contributed by atoms with E-state index in [9.17, 15) is 24.3 Å². The Morgan fingerprint density at radius 2 is 1.67 bits per heavy atom.